The van der Waals surface area contributed by atoms with Crippen LogP contribution in [-0.2, 0) is 10.4 Å². The highest BCUT2D eigenvalue weighted by molar-refractivity contribution is 5.70. The summed E-state index contributed by atoms with van der Waals surface area (Å²) in [6.45, 7) is 4.64. The van der Waals surface area contributed by atoms with Crippen LogP contribution in [0.15, 0.2) is 115 Å². The van der Waals surface area contributed by atoms with Crippen LogP contribution < -0.4 is 10.4 Å². The zero-order chi connectivity index (χ0) is 23.9. The van der Waals surface area contributed by atoms with Crippen molar-refractivity contribution < 1.29 is 4.84 Å². The zero-order valence-electron chi connectivity index (χ0n) is 20.1. The number of hydroxylamine groups is 1. The Morgan fingerprint density at radius 2 is 1.26 bits per heavy atom. The first kappa shape index (κ1) is 23.2. The van der Waals surface area contributed by atoms with Crippen molar-refractivity contribution in [1.29, 1.82) is 0 Å². The lowest BCUT2D eigenvalue weighted by molar-refractivity contribution is 0.0606. The van der Waals surface area contributed by atoms with Gasteiger partial charge in [0.2, 0.25) is 0 Å². The van der Waals surface area contributed by atoms with Gasteiger partial charge in [0.1, 0.15) is 5.54 Å². The van der Waals surface area contributed by atoms with E-state index in [1.54, 1.807) is 0 Å². The molecule has 1 aliphatic heterocycles. The Morgan fingerprint density at radius 3 is 1.89 bits per heavy atom. The summed E-state index contributed by atoms with van der Waals surface area (Å²) >= 11 is 0. The summed E-state index contributed by atoms with van der Waals surface area (Å²) in [5, 5.41) is 6.07. The molecule has 1 atom stereocenters. The summed E-state index contributed by atoms with van der Waals surface area (Å²) in [7, 11) is 0. The van der Waals surface area contributed by atoms with Crippen LogP contribution in [0.5, 0.6) is 0 Å². The molecule has 1 aliphatic rings. The number of para-hydroxylation sites is 2. The maximum atomic E-state index is 6.74. The number of nitrogens with one attached hydrogen (secondary N) is 1. The number of nitrogens with zero attached hydrogens (tertiary/aromatic N) is 1. The summed E-state index contributed by atoms with van der Waals surface area (Å²) in [5.41, 5.74) is 5.20. The number of benzene rings is 4. The summed E-state index contributed by atoms with van der Waals surface area (Å²) in [5.74, 6) is 0. The molecule has 0 aromatic heterocycles. The normalized spacial score (nSPS) is 16.1. The van der Waals surface area contributed by atoms with E-state index >= 15 is 0 Å². The van der Waals surface area contributed by atoms with E-state index in [-0.39, 0.29) is 6.04 Å². The van der Waals surface area contributed by atoms with Gasteiger partial charge in [0.15, 0.2) is 0 Å². The summed E-state index contributed by atoms with van der Waals surface area (Å²) in [4.78, 5) is 6.74. The summed E-state index contributed by atoms with van der Waals surface area (Å²) in [6.07, 6.45) is 4.22. The van der Waals surface area contributed by atoms with Crippen molar-refractivity contribution in [3.8, 4) is 0 Å². The van der Waals surface area contributed by atoms with Gasteiger partial charge in [0.25, 0.3) is 0 Å². The van der Waals surface area contributed by atoms with Gasteiger partial charge in [-0.05, 0) is 35.7 Å². The third kappa shape index (κ3) is 4.44. The van der Waals surface area contributed by atoms with Crippen LogP contribution in [0.2, 0.25) is 0 Å². The molecular formula is C32H33N2O. The van der Waals surface area contributed by atoms with Crippen molar-refractivity contribution in [2.45, 2.75) is 37.3 Å². The molecule has 0 fully saturated rings. The molecule has 4 aromatic rings. The second-order valence-corrected chi connectivity index (χ2v) is 9.04. The monoisotopic (exact) mass is 461 g/mol. The average Bonchev–Trinajstić information content (AvgIpc) is 3.20. The first-order chi connectivity index (χ1) is 17.4. The molecule has 1 heterocycles. The summed E-state index contributed by atoms with van der Waals surface area (Å²) < 4.78 is 0. The molecule has 1 N–H and O–H groups in total. The number of hydrogen-bond donors (Lipinski definition) is 1. The van der Waals surface area contributed by atoms with E-state index in [2.05, 4.69) is 133 Å². The Morgan fingerprint density at radius 1 is 0.686 bits per heavy atom. The van der Waals surface area contributed by atoms with E-state index in [0.29, 0.717) is 6.61 Å². The third-order valence-electron chi connectivity index (χ3n) is 6.83. The minimum Gasteiger partial charge on any atom is -0.375 e. The molecular weight excluding hydrogens is 428 g/mol. The number of hydrogen-bond acceptors (Lipinski definition) is 3. The van der Waals surface area contributed by atoms with Gasteiger partial charge in [-0.25, -0.2) is 5.06 Å². The fourth-order valence-electron chi connectivity index (χ4n) is 5.23. The average molecular weight is 462 g/mol. The van der Waals surface area contributed by atoms with Gasteiger partial charge in [0, 0.05) is 11.3 Å². The molecule has 0 aliphatic carbocycles. The minimum atomic E-state index is -0.589. The van der Waals surface area contributed by atoms with Crippen LogP contribution >= 0.6 is 0 Å². The lowest BCUT2D eigenvalue weighted by Crippen LogP contribution is -2.49. The van der Waals surface area contributed by atoms with E-state index in [9.17, 15) is 0 Å². The number of rotatable bonds is 10. The second-order valence-electron chi connectivity index (χ2n) is 9.04. The van der Waals surface area contributed by atoms with Gasteiger partial charge >= 0.3 is 0 Å². The Kier molecular flexibility index (Phi) is 7.15. The maximum absolute atomic E-state index is 6.74. The standard InChI is InChI=1S/C32H33N2O/c1-2-3-4-16-25-35-34-30-24-15-14-23-29(30)31(33-28-21-12-7-13-22-28)32(34,26-17-8-5-9-18-26)27-19-10-6-11-20-27/h5-15,17-24,31,33H,1-4,16,25H2. The van der Waals surface area contributed by atoms with E-state index < -0.39 is 5.54 Å². The van der Waals surface area contributed by atoms with Gasteiger partial charge in [0.05, 0.1) is 18.3 Å². The predicted octanol–water partition coefficient (Wildman–Crippen LogP) is 7.93. The molecule has 0 saturated heterocycles. The first-order valence-corrected chi connectivity index (χ1v) is 12.6. The van der Waals surface area contributed by atoms with Crippen molar-refractivity contribution in [2.24, 2.45) is 0 Å². The van der Waals surface area contributed by atoms with Crippen LogP contribution in [0.25, 0.3) is 0 Å². The van der Waals surface area contributed by atoms with E-state index in [1.807, 2.05) is 0 Å². The zero-order valence-corrected chi connectivity index (χ0v) is 20.1. The van der Waals surface area contributed by atoms with Gasteiger partial charge < -0.3 is 5.32 Å². The molecule has 1 unspecified atom stereocenters. The van der Waals surface area contributed by atoms with Crippen molar-refractivity contribution in [2.75, 3.05) is 17.0 Å². The van der Waals surface area contributed by atoms with E-state index in [4.69, 9.17) is 4.84 Å². The Labute approximate surface area is 209 Å². The molecule has 0 saturated carbocycles. The quantitative estimate of drug-likeness (QED) is 0.243. The highest BCUT2D eigenvalue weighted by atomic mass is 16.7. The lowest BCUT2D eigenvalue weighted by Gasteiger charge is -2.44. The smallest absolute Gasteiger partial charge is 0.141 e. The second kappa shape index (κ2) is 10.8. The molecule has 3 heteroatoms. The van der Waals surface area contributed by atoms with Gasteiger partial charge in [-0.2, -0.15) is 0 Å². The Balaban J connectivity index is 1.69. The number of anilines is 2. The molecule has 0 spiro atoms. The van der Waals surface area contributed by atoms with E-state index in [1.165, 1.54) is 16.7 Å². The third-order valence-corrected chi connectivity index (χ3v) is 6.83. The highest BCUT2D eigenvalue weighted by Crippen LogP contribution is 2.56. The number of unbranched alkanes of at least 4 members (excludes halogenated alkanes) is 3. The van der Waals surface area contributed by atoms with Crippen molar-refractivity contribution in [3.05, 3.63) is 139 Å². The molecule has 5 rings (SSSR count). The molecule has 4 aromatic carbocycles. The first-order valence-electron chi connectivity index (χ1n) is 12.6. The van der Waals surface area contributed by atoms with Gasteiger partial charge in [-0.3, -0.25) is 4.84 Å². The Hall–Kier alpha value is -3.56. The van der Waals surface area contributed by atoms with Gasteiger partial charge in [-0.15, -0.1) is 0 Å². The van der Waals surface area contributed by atoms with Crippen molar-refractivity contribution in [1.82, 2.24) is 0 Å². The maximum Gasteiger partial charge on any atom is 0.141 e. The fourth-order valence-corrected chi connectivity index (χ4v) is 5.23. The van der Waals surface area contributed by atoms with Gasteiger partial charge in [-0.1, -0.05) is 123 Å². The molecule has 3 nitrogen and oxygen atoms in total. The summed E-state index contributed by atoms with van der Waals surface area (Å²) in [6, 6.07) is 40.5. The van der Waals surface area contributed by atoms with Crippen LogP contribution in [0.3, 0.4) is 0 Å². The molecule has 177 valence electrons. The lowest BCUT2D eigenvalue weighted by atomic mass is 9.76. The van der Waals surface area contributed by atoms with Crippen LogP contribution in [0, 0.1) is 6.92 Å². The largest absolute Gasteiger partial charge is 0.375 e. The highest BCUT2D eigenvalue weighted by Gasteiger charge is 2.55. The molecule has 1 radical (unpaired) electrons. The van der Waals surface area contributed by atoms with Crippen molar-refractivity contribution in [3.63, 3.8) is 0 Å². The number of fused-ring (bicyclic) bond motifs is 1. The minimum absolute atomic E-state index is 0.0641. The van der Waals surface area contributed by atoms with Crippen LogP contribution in [-0.4, -0.2) is 6.61 Å². The SMILES string of the molecule is [CH2]CCCCCON1c2ccccc2C(Nc2ccccc2)C1(c1ccccc1)c1ccccc1. The molecule has 35 heavy (non-hydrogen) atoms. The predicted molar refractivity (Wildman–Crippen MR) is 145 cm³/mol. The topological polar surface area (TPSA) is 24.5 Å². The van der Waals surface area contributed by atoms with Crippen molar-refractivity contribution >= 4 is 11.4 Å². The van der Waals surface area contributed by atoms with E-state index in [0.717, 1.165) is 37.1 Å². The molecule has 0 amide bonds. The van der Waals surface area contributed by atoms with Crippen LogP contribution in [0.1, 0.15) is 48.4 Å². The van der Waals surface area contributed by atoms with Crippen LogP contribution in [0.4, 0.5) is 11.4 Å². The Bertz CT molecular complexity index is 1150. The fraction of sp³-hybridized carbons (Fsp3) is 0.219. The molecule has 0 bridgehead atoms.